The van der Waals surface area contributed by atoms with Crippen LogP contribution < -0.4 is 5.32 Å². The lowest BCUT2D eigenvalue weighted by Crippen LogP contribution is -2.47. The molecule has 1 amide bonds. The number of amides is 1. The second-order valence-electron chi connectivity index (χ2n) is 15.3. The van der Waals surface area contributed by atoms with Crippen LogP contribution in [0, 0.1) is 0 Å². The maximum absolute atomic E-state index is 12.6. The van der Waals surface area contributed by atoms with Crippen LogP contribution in [0.2, 0.25) is 0 Å². The summed E-state index contributed by atoms with van der Waals surface area (Å²) in [6.07, 6.45) is 50.9. The summed E-state index contributed by atoms with van der Waals surface area (Å²) >= 11 is 0. The van der Waals surface area contributed by atoms with Crippen LogP contribution in [0.4, 0.5) is 0 Å². The van der Waals surface area contributed by atoms with Crippen LogP contribution in [0.1, 0.15) is 226 Å². The van der Waals surface area contributed by atoms with Crippen LogP contribution in [0.25, 0.3) is 0 Å². The van der Waals surface area contributed by atoms with E-state index < -0.39 is 28.0 Å². The molecule has 2 unspecified atom stereocenters. The Bertz CT molecular complexity index is 961. The third-order valence-electron chi connectivity index (χ3n) is 10.1. The molecule has 0 aromatic heterocycles. The average Bonchev–Trinajstić information content (AvgIpc) is 3.11. The van der Waals surface area contributed by atoms with Crippen LogP contribution >= 0.6 is 0 Å². The van der Waals surface area contributed by atoms with E-state index in [0.717, 1.165) is 64.2 Å². The Morgan fingerprint density at radius 3 is 1.31 bits per heavy atom. The van der Waals surface area contributed by atoms with E-state index in [0.29, 0.717) is 12.8 Å². The minimum absolute atomic E-state index is 0.257. The molecule has 3 N–H and O–H groups in total. The topological polar surface area (TPSA) is 104 Å². The van der Waals surface area contributed by atoms with Crippen LogP contribution in [-0.2, 0) is 14.9 Å². The predicted octanol–water partition coefficient (Wildman–Crippen LogP) is 13.3. The van der Waals surface area contributed by atoms with E-state index in [1.54, 1.807) is 0 Å². The van der Waals surface area contributed by atoms with E-state index >= 15 is 0 Å². The fraction of sp³-hybridized carbons (Fsp3) is 0.844. The molecule has 7 heteroatoms. The Hall–Kier alpha value is -1.44. The summed E-state index contributed by atoms with van der Waals surface area (Å²) in [5, 5.41) is 13.4. The fourth-order valence-electron chi connectivity index (χ4n) is 6.76. The molecule has 306 valence electrons. The standard InChI is InChI=1S/C45H85NO5S/c1-3-5-7-9-11-13-15-17-19-21-23-25-27-29-31-33-35-37-39-41-45(48)46-43(42-52(49,50)51)44(47)40-38-36-34-32-30-28-26-24-22-20-18-16-14-12-10-8-6-4-2/h11,13,17,19,23,25,43-44,47H,3-10,12,14-16,18,20-22,24,26-42H2,1-2H3,(H,46,48)(H,49,50,51)/b13-11-,19-17-,25-23-. The third-order valence-corrected chi connectivity index (χ3v) is 10.9. The van der Waals surface area contributed by atoms with Gasteiger partial charge in [0.05, 0.1) is 17.9 Å². The molecule has 0 rings (SSSR count). The quantitative estimate of drug-likeness (QED) is 0.0328. The van der Waals surface area contributed by atoms with Crippen molar-refractivity contribution >= 4 is 16.0 Å². The molecule has 0 aliphatic carbocycles. The van der Waals surface area contributed by atoms with Crippen molar-refractivity contribution in [1.82, 2.24) is 5.32 Å². The molecule has 0 fully saturated rings. The van der Waals surface area contributed by atoms with Gasteiger partial charge in [-0.1, -0.05) is 204 Å². The minimum Gasteiger partial charge on any atom is -0.391 e. The Morgan fingerprint density at radius 2 is 0.865 bits per heavy atom. The second-order valence-corrected chi connectivity index (χ2v) is 16.8. The summed E-state index contributed by atoms with van der Waals surface area (Å²) in [6.45, 7) is 4.51. The van der Waals surface area contributed by atoms with E-state index in [4.69, 9.17) is 0 Å². The number of carbonyl (C=O) groups excluding carboxylic acids is 1. The molecule has 0 bridgehead atoms. The van der Waals surface area contributed by atoms with E-state index in [2.05, 4.69) is 55.6 Å². The molecule has 6 nitrogen and oxygen atoms in total. The molecule has 0 aliphatic rings. The Labute approximate surface area is 323 Å². The third kappa shape index (κ3) is 39.8. The summed E-state index contributed by atoms with van der Waals surface area (Å²) in [4.78, 5) is 12.6. The maximum Gasteiger partial charge on any atom is 0.266 e. The first-order valence-corrected chi connectivity index (χ1v) is 23.8. The van der Waals surface area contributed by atoms with Gasteiger partial charge < -0.3 is 10.4 Å². The molecule has 0 radical (unpaired) electrons. The van der Waals surface area contributed by atoms with Crippen molar-refractivity contribution < 1.29 is 22.9 Å². The molecule has 52 heavy (non-hydrogen) atoms. The number of hydrogen-bond donors (Lipinski definition) is 3. The fourth-order valence-corrected chi connectivity index (χ4v) is 7.52. The summed E-state index contributed by atoms with van der Waals surface area (Å²) in [6, 6.07) is -0.978. The SMILES string of the molecule is CCCCC/C=C\C/C=C\C/C=C\CCCCCCCCC(=O)NC(CS(=O)(=O)O)C(O)CCCCCCCCCCCCCCCCCCCC. The number of aliphatic hydroxyl groups excluding tert-OH is 1. The van der Waals surface area contributed by atoms with Crippen molar-refractivity contribution in [3.8, 4) is 0 Å². The Balaban J connectivity index is 3.86. The molecule has 0 heterocycles. The number of nitrogens with one attached hydrogen (secondary N) is 1. The van der Waals surface area contributed by atoms with Gasteiger partial charge in [-0.2, -0.15) is 8.42 Å². The number of hydrogen-bond acceptors (Lipinski definition) is 4. The summed E-state index contributed by atoms with van der Waals surface area (Å²) in [7, 11) is -4.32. The van der Waals surface area contributed by atoms with E-state index in [-0.39, 0.29) is 5.91 Å². The molecule has 2 atom stereocenters. The predicted molar refractivity (Wildman–Crippen MR) is 225 cm³/mol. The van der Waals surface area contributed by atoms with Gasteiger partial charge in [0.1, 0.15) is 0 Å². The Morgan fingerprint density at radius 1 is 0.519 bits per heavy atom. The van der Waals surface area contributed by atoms with Gasteiger partial charge in [-0.3, -0.25) is 9.35 Å². The highest BCUT2D eigenvalue weighted by Gasteiger charge is 2.26. The van der Waals surface area contributed by atoms with Crippen molar-refractivity contribution in [2.24, 2.45) is 0 Å². The lowest BCUT2D eigenvalue weighted by Gasteiger charge is -2.23. The largest absolute Gasteiger partial charge is 0.391 e. The molecular weight excluding hydrogens is 667 g/mol. The lowest BCUT2D eigenvalue weighted by atomic mass is 10.0. The zero-order valence-corrected chi connectivity index (χ0v) is 35.0. The summed E-state index contributed by atoms with van der Waals surface area (Å²) in [5.74, 6) is -0.909. The first kappa shape index (κ1) is 50.6. The van der Waals surface area contributed by atoms with Gasteiger partial charge in [-0.05, 0) is 51.4 Å². The number of allylic oxidation sites excluding steroid dienone is 6. The van der Waals surface area contributed by atoms with Gasteiger partial charge in [0.25, 0.3) is 10.1 Å². The summed E-state index contributed by atoms with van der Waals surface area (Å²) in [5.41, 5.74) is 0. The number of aliphatic hydroxyl groups is 1. The van der Waals surface area contributed by atoms with Gasteiger partial charge >= 0.3 is 0 Å². The average molecular weight is 752 g/mol. The van der Waals surface area contributed by atoms with Crippen LogP contribution in [-0.4, -0.2) is 41.9 Å². The van der Waals surface area contributed by atoms with Crippen LogP contribution in [0.3, 0.4) is 0 Å². The number of unbranched alkanes of at least 4 members (excludes halogenated alkanes) is 26. The maximum atomic E-state index is 12.6. The second kappa shape index (κ2) is 39.3. The highest BCUT2D eigenvalue weighted by molar-refractivity contribution is 7.85. The van der Waals surface area contributed by atoms with Gasteiger partial charge in [0.15, 0.2) is 0 Å². The highest BCUT2D eigenvalue weighted by atomic mass is 32.2. The zero-order valence-electron chi connectivity index (χ0n) is 34.2. The number of rotatable bonds is 40. The van der Waals surface area contributed by atoms with Gasteiger partial charge in [-0.25, -0.2) is 0 Å². The molecular formula is C45H85NO5S. The smallest absolute Gasteiger partial charge is 0.266 e. The zero-order chi connectivity index (χ0) is 38.2. The van der Waals surface area contributed by atoms with Crippen LogP contribution in [0.15, 0.2) is 36.5 Å². The van der Waals surface area contributed by atoms with Crippen molar-refractivity contribution in [3.05, 3.63) is 36.5 Å². The van der Waals surface area contributed by atoms with E-state index in [1.165, 1.54) is 135 Å². The molecule has 0 spiro atoms. The lowest BCUT2D eigenvalue weighted by molar-refractivity contribution is -0.122. The first-order chi connectivity index (χ1) is 25.3. The molecule has 0 aliphatic heterocycles. The minimum atomic E-state index is -4.32. The molecule has 0 saturated carbocycles. The molecule has 0 saturated heterocycles. The van der Waals surface area contributed by atoms with Crippen molar-refractivity contribution in [2.45, 2.75) is 238 Å². The van der Waals surface area contributed by atoms with Gasteiger partial charge in [0, 0.05) is 6.42 Å². The normalized spacial score (nSPS) is 13.5. The number of carbonyl (C=O) groups is 1. The molecule has 0 aromatic rings. The van der Waals surface area contributed by atoms with Crippen molar-refractivity contribution in [2.75, 3.05) is 5.75 Å². The monoisotopic (exact) mass is 752 g/mol. The van der Waals surface area contributed by atoms with Gasteiger partial charge in [-0.15, -0.1) is 0 Å². The van der Waals surface area contributed by atoms with E-state index in [1.807, 2.05) is 0 Å². The van der Waals surface area contributed by atoms with Crippen molar-refractivity contribution in [3.63, 3.8) is 0 Å². The Kier molecular flexibility index (Phi) is 38.2. The van der Waals surface area contributed by atoms with Crippen molar-refractivity contribution in [1.29, 1.82) is 0 Å². The van der Waals surface area contributed by atoms with Crippen LogP contribution in [0.5, 0.6) is 0 Å². The summed E-state index contributed by atoms with van der Waals surface area (Å²) < 4.78 is 32.6. The molecule has 0 aromatic carbocycles. The highest BCUT2D eigenvalue weighted by Crippen LogP contribution is 2.16. The van der Waals surface area contributed by atoms with Gasteiger partial charge in [0.2, 0.25) is 5.91 Å². The first-order valence-electron chi connectivity index (χ1n) is 22.2. The van der Waals surface area contributed by atoms with E-state index in [9.17, 15) is 22.9 Å².